The third kappa shape index (κ3) is 5.93. The molecular formula is C17H24F3N3O6S. The number of sulfonamides is 1. The highest BCUT2D eigenvalue weighted by Crippen LogP contribution is 2.34. The van der Waals surface area contributed by atoms with Gasteiger partial charge in [-0.1, -0.05) is 5.16 Å². The maximum absolute atomic E-state index is 12.0. The van der Waals surface area contributed by atoms with Gasteiger partial charge in [-0.05, 0) is 19.8 Å². The van der Waals surface area contributed by atoms with Crippen molar-refractivity contribution in [3.63, 3.8) is 0 Å². The van der Waals surface area contributed by atoms with E-state index in [-0.39, 0.29) is 17.3 Å². The summed E-state index contributed by atoms with van der Waals surface area (Å²) in [4.78, 5) is 11.2. The Kier molecular flexibility index (Phi) is 6.75. The first-order valence-corrected chi connectivity index (χ1v) is 11.0. The molecule has 1 aromatic heterocycles. The molecule has 0 aromatic carbocycles. The van der Waals surface area contributed by atoms with Crippen LogP contribution in [-0.2, 0) is 26.1 Å². The molecule has 0 unspecified atom stereocenters. The first kappa shape index (κ1) is 23.0. The lowest BCUT2D eigenvalue weighted by molar-refractivity contribution is -0.192. The van der Waals surface area contributed by atoms with E-state index in [1.807, 2.05) is 13.0 Å². The van der Waals surface area contributed by atoms with Gasteiger partial charge in [0.25, 0.3) is 0 Å². The van der Waals surface area contributed by atoms with Crippen LogP contribution in [0.5, 0.6) is 0 Å². The van der Waals surface area contributed by atoms with Gasteiger partial charge in [-0.25, -0.2) is 17.9 Å². The highest BCUT2D eigenvalue weighted by molar-refractivity contribution is 7.90. The van der Waals surface area contributed by atoms with Gasteiger partial charge in [0.05, 0.1) is 23.7 Å². The largest absolute Gasteiger partial charge is 0.490 e. The van der Waals surface area contributed by atoms with Crippen molar-refractivity contribution in [3.05, 3.63) is 17.5 Å². The number of ether oxygens (including phenoxy) is 1. The summed E-state index contributed by atoms with van der Waals surface area (Å²) in [5, 5.41) is 11.0. The number of aryl methyl sites for hydroxylation is 1. The summed E-state index contributed by atoms with van der Waals surface area (Å²) in [6.45, 7) is 5.60. The monoisotopic (exact) mass is 455 g/mol. The van der Waals surface area contributed by atoms with Crippen molar-refractivity contribution < 1.29 is 40.8 Å². The van der Waals surface area contributed by atoms with Crippen molar-refractivity contribution >= 4 is 16.0 Å². The van der Waals surface area contributed by atoms with Crippen LogP contribution in [-0.4, -0.2) is 73.3 Å². The number of nitrogens with one attached hydrogen (secondary N) is 1. The quantitative estimate of drug-likeness (QED) is 0.655. The van der Waals surface area contributed by atoms with Gasteiger partial charge in [0.1, 0.15) is 5.76 Å². The lowest BCUT2D eigenvalue weighted by atomic mass is 9.93. The van der Waals surface area contributed by atoms with Crippen LogP contribution in [0.1, 0.15) is 24.3 Å². The number of rotatable bonds is 6. The van der Waals surface area contributed by atoms with Crippen LogP contribution < -0.4 is 4.72 Å². The number of aromatic nitrogens is 1. The zero-order chi connectivity index (χ0) is 22.1. The third-order valence-electron chi connectivity index (χ3n) is 5.33. The molecule has 3 atom stereocenters. The Hall–Kier alpha value is -1.70. The average molecular weight is 455 g/mol. The molecule has 3 fully saturated rings. The Labute approximate surface area is 171 Å². The molecule has 30 heavy (non-hydrogen) atoms. The van der Waals surface area contributed by atoms with Crippen molar-refractivity contribution in [2.24, 2.45) is 11.8 Å². The lowest BCUT2D eigenvalue weighted by Gasteiger charge is -2.19. The number of halogens is 3. The number of likely N-dealkylation sites (tertiary alicyclic amines) is 1. The molecule has 9 nitrogen and oxygen atoms in total. The van der Waals surface area contributed by atoms with E-state index < -0.39 is 22.2 Å². The maximum Gasteiger partial charge on any atom is 0.490 e. The average Bonchev–Trinajstić information content (AvgIpc) is 3.18. The zero-order valence-electron chi connectivity index (χ0n) is 16.3. The number of hydrogen-bond donors (Lipinski definition) is 2. The fraction of sp³-hybridized carbons (Fsp3) is 0.765. The molecule has 0 amide bonds. The summed E-state index contributed by atoms with van der Waals surface area (Å²) in [6.07, 6.45) is -3.28. The first-order chi connectivity index (χ1) is 14.0. The molecule has 2 aliphatic heterocycles. The topological polar surface area (TPSA) is 122 Å². The standard InChI is InChI=1S/C15H23N3O4S.C2HF3O2/c1-10-4-12(17-22-10)6-18-7-14-11(9-21-15(14)8-18)5-16-23(19,20)13-2-3-13;3-2(4,5)1(6)7/h4,11,13-16H,2-3,5-9H2,1H3;(H,6,7)/t11-,14-,15-;/m1./s1. The molecule has 2 N–H and O–H groups in total. The molecule has 2 saturated heterocycles. The summed E-state index contributed by atoms with van der Waals surface area (Å²) >= 11 is 0. The predicted octanol–water partition coefficient (Wildman–Crippen LogP) is 1.14. The van der Waals surface area contributed by atoms with E-state index in [4.69, 9.17) is 19.2 Å². The third-order valence-corrected chi connectivity index (χ3v) is 7.25. The van der Waals surface area contributed by atoms with Crippen molar-refractivity contribution in [1.82, 2.24) is 14.8 Å². The summed E-state index contributed by atoms with van der Waals surface area (Å²) in [5.74, 6) is -1.28. The molecule has 3 aliphatic rings. The molecule has 1 aromatic rings. The molecule has 1 aliphatic carbocycles. The Morgan fingerprint density at radius 3 is 2.57 bits per heavy atom. The minimum Gasteiger partial charge on any atom is -0.475 e. The van der Waals surface area contributed by atoms with Gasteiger partial charge in [0.2, 0.25) is 10.0 Å². The zero-order valence-corrected chi connectivity index (χ0v) is 17.1. The second-order valence-electron chi connectivity index (χ2n) is 7.81. The normalized spacial score (nSPS) is 26.9. The van der Waals surface area contributed by atoms with Crippen molar-refractivity contribution in [1.29, 1.82) is 0 Å². The number of hydrogen-bond acceptors (Lipinski definition) is 7. The van der Waals surface area contributed by atoms with Crippen LogP contribution in [0.15, 0.2) is 10.6 Å². The van der Waals surface area contributed by atoms with Crippen LogP contribution in [0.25, 0.3) is 0 Å². The minimum absolute atomic E-state index is 0.156. The second kappa shape index (κ2) is 8.81. The molecule has 0 spiro atoms. The fourth-order valence-electron chi connectivity index (χ4n) is 3.66. The summed E-state index contributed by atoms with van der Waals surface area (Å²) in [7, 11) is -3.10. The van der Waals surface area contributed by atoms with Gasteiger partial charge in [-0.15, -0.1) is 0 Å². The van der Waals surface area contributed by atoms with Crippen molar-refractivity contribution in [2.75, 3.05) is 26.2 Å². The van der Waals surface area contributed by atoms with E-state index in [0.717, 1.165) is 43.9 Å². The van der Waals surface area contributed by atoms with Crippen molar-refractivity contribution in [2.45, 2.75) is 43.8 Å². The SMILES string of the molecule is Cc1cc(CN2C[C@@H]3[C@H](CNS(=O)(=O)C4CC4)CO[C@@H]3C2)no1.O=C(O)C(F)(F)F. The smallest absolute Gasteiger partial charge is 0.475 e. The second-order valence-corrected chi connectivity index (χ2v) is 9.86. The van der Waals surface area contributed by atoms with Crippen LogP contribution in [0.4, 0.5) is 13.2 Å². The number of nitrogens with zero attached hydrogens (tertiary/aromatic N) is 2. The van der Waals surface area contributed by atoms with Crippen LogP contribution in [0.2, 0.25) is 0 Å². The van der Waals surface area contributed by atoms with Gasteiger partial charge in [0.15, 0.2) is 0 Å². The number of carboxylic acid groups (broad SMARTS) is 1. The van der Waals surface area contributed by atoms with Gasteiger partial charge >= 0.3 is 12.1 Å². The fourth-order valence-corrected chi connectivity index (χ4v) is 5.10. The molecule has 1 saturated carbocycles. The number of alkyl halides is 3. The van der Waals surface area contributed by atoms with Crippen LogP contribution >= 0.6 is 0 Å². The number of carbonyl (C=O) groups is 1. The summed E-state index contributed by atoms with van der Waals surface area (Å²) < 4.78 is 69.5. The van der Waals surface area contributed by atoms with Crippen LogP contribution in [0, 0.1) is 18.8 Å². The Balaban J connectivity index is 0.000000318. The molecule has 13 heteroatoms. The van der Waals surface area contributed by atoms with Gasteiger partial charge in [0, 0.05) is 44.1 Å². The van der Waals surface area contributed by atoms with E-state index in [2.05, 4.69) is 14.8 Å². The lowest BCUT2D eigenvalue weighted by Crippen LogP contribution is -2.35. The van der Waals surface area contributed by atoms with Gasteiger partial charge < -0.3 is 14.4 Å². The van der Waals surface area contributed by atoms with Crippen LogP contribution in [0.3, 0.4) is 0 Å². The van der Waals surface area contributed by atoms with Gasteiger partial charge in [-0.3, -0.25) is 4.90 Å². The van der Waals surface area contributed by atoms with E-state index in [9.17, 15) is 21.6 Å². The Morgan fingerprint density at radius 2 is 2.03 bits per heavy atom. The molecule has 3 heterocycles. The van der Waals surface area contributed by atoms with E-state index >= 15 is 0 Å². The van der Waals surface area contributed by atoms with E-state index in [1.54, 1.807) is 0 Å². The predicted molar refractivity (Wildman–Crippen MR) is 96.9 cm³/mol. The maximum atomic E-state index is 12.0. The molecule has 4 rings (SSSR count). The number of fused-ring (bicyclic) bond motifs is 1. The summed E-state index contributed by atoms with van der Waals surface area (Å²) in [6, 6.07) is 1.95. The molecule has 170 valence electrons. The first-order valence-electron chi connectivity index (χ1n) is 9.50. The van der Waals surface area contributed by atoms with Crippen molar-refractivity contribution in [3.8, 4) is 0 Å². The molecule has 0 bridgehead atoms. The highest BCUT2D eigenvalue weighted by Gasteiger charge is 2.45. The number of carboxylic acids is 1. The molecule has 0 radical (unpaired) electrons. The highest BCUT2D eigenvalue weighted by atomic mass is 32.2. The minimum atomic E-state index is -5.08. The van der Waals surface area contributed by atoms with E-state index in [0.29, 0.717) is 19.1 Å². The summed E-state index contributed by atoms with van der Waals surface area (Å²) in [5.41, 5.74) is 0.938. The Bertz CT molecular complexity index is 855. The molecular weight excluding hydrogens is 431 g/mol. The number of aliphatic carboxylic acids is 1. The van der Waals surface area contributed by atoms with E-state index in [1.165, 1.54) is 0 Å². The Morgan fingerprint density at radius 1 is 1.37 bits per heavy atom. The van der Waals surface area contributed by atoms with Gasteiger partial charge in [-0.2, -0.15) is 13.2 Å².